The number of fused-ring (bicyclic) bond motifs is 1. The van der Waals surface area contributed by atoms with Gasteiger partial charge in [-0.1, -0.05) is 17.7 Å². The molecule has 0 unspecified atom stereocenters. The molecular formula is C13H12BrN3O2S. The van der Waals surface area contributed by atoms with Crippen LogP contribution >= 0.6 is 15.9 Å². The molecule has 1 aliphatic heterocycles. The molecule has 0 aliphatic carbocycles. The normalized spacial score (nSPS) is 14.4. The van der Waals surface area contributed by atoms with Gasteiger partial charge in [-0.15, -0.1) is 0 Å². The van der Waals surface area contributed by atoms with Crippen LogP contribution in [0.3, 0.4) is 0 Å². The summed E-state index contributed by atoms with van der Waals surface area (Å²) in [7, 11) is -3.57. The molecule has 0 radical (unpaired) electrons. The van der Waals surface area contributed by atoms with Gasteiger partial charge in [0, 0.05) is 13.0 Å². The highest BCUT2D eigenvalue weighted by Gasteiger charge is 2.32. The number of hydrogen-bond donors (Lipinski definition) is 0. The van der Waals surface area contributed by atoms with Crippen LogP contribution in [-0.4, -0.2) is 24.9 Å². The van der Waals surface area contributed by atoms with E-state index in [9.17, 15) is 8.42 Å². The first-order chi connectivity index (χ1) is 9.48. The Hall–Kier alpha value is -1.47. The van der Waals surface area contributed by atoms with Crippen LogP contribution in [0.5, 0.6) is 0 Å². The smallest absolute Gasteiger partial charge is 0.248 e. The summed E-state index contributed by atoms with van der Waals surface area (Å²) in [5.41, 5.74) is 1.73. The number of aryl methyl sites for hydroxylation is 1. The number of sulfonamides is 1. The Morgan fingerprint density at radius 3 is 2.65 bits per heavy atom. The van der Waals surface area contributed by atoms with Gasteiger partial charge in [-0.25, -0.2) is 22.7 Å². The van der Waals surface area contributed by atoms with Crippen LogP contribution in [0.4, 0.5) is 5.82 Å². The molecule has 0 saturated heterocycles. The first-order valence-electron chi connectivity index (χ1n) is 6.09. The van der Waals surface area contributed by atoms with E-state index in [0.717, 1.165) is 5.56 Å². The van der Waals surface area contributed by atoms with Crippen molar-refractivity contribution in [2.75, 3.05) is 10.8 Å². The van der Waals surface area contributed by atoms with Gasteiger partial charge in [0.2, 0.25) is 0 Å². The van der Waals surface area contributed by atoms with Crippen molar-refractivity contribution in [1.82, 2.24) is 9.97 Å². The van der Waals surface area contributed by atoms with Crippen molar-refractivity contribution >= 4 is 31.8 Å². The first kappa shape index (κ1) is 13.5. The minimum Gasteiger partial charge on any atom is -0.248 e. The van der Waals surface area contributed by atoms with Crippen LogP contribution in [0.1, 0.15) is 11.3 Å². The molecule has 1 aromatic carbocycles. The molecule has 5 nitrogen and oxygen atoms in total. The molecule has 7 heteroatoms. The second kappa shape index (κ2) is 4.82. The van der Waals surface area contributed by atoms with Gasteiger partial charge in [0.25, 0.3) is 10.0 Å². The van der Waals surface area contributed by atoms with Gasteiger partial charge in [0.05, 0.1) is 16.8 Å². The molecule has 0 spiro atoms. The molecule has 20 heavy (non-hydrogen) atoms. The SMILES string of the molecule is Cc1ccc(S(=O)(=O)N2CCc3nc(Br)cnc32)cc1. The third-order valence-corrected chi connectivity index (χ3v) is 5.38. The second-order valence-corrected chi connectivity index (χ2v) is 7.28. The monoisotopic (exact) mass is 353 g/mol. The maximum absolute atomic E-state index is 12.6. The van der Waals surface area contributed by atoms with Gasteiger partial charge >= 0.3 is 0 Å². The van der Waals surface area contributed by atoms with E-state index in [0.29, 0.717) is 29.1 Å². The lowest BCUT2D eigenvalue weighted by Crippen LogP contribution is -2.29. The maximum Gasteiger partial charge on any atom is 0.265 e. The van der Waals surface area contributed by atoms with Crippen molar-refractivity contribution in [1.29, 1.82) is 0 Å². The number of hydrogen-bond acceptors (Lipinski definition) is 4. The van der Waals surface area contributed by atoms with Crippen LogP contribution in [0.25, 0.3) is 0 Å². The number of rotatable bonds is 2. The molecule has 3 rings (SSSR count). The number of benzene rings is 1. The highest BCUT2D eigenvalue weighted by Crippen LogP contribution is 2.30. The summed E-state index contributed by atoms with van der Waals surface area (Å²) in [6.07, 6.45) is 2.09. The molecule has 0 fully saturated rings. The third kappa shape index (κ3) is 2.20. The molecular weight excluding hydrogens is 342 g/mol. The molecule has 104 valence electrons. The lowest BCUT2D eigenvalue weighted by molar-refractivity contribution is 0.592. The van der Waals surface area contributed by atoms with E-state index in [1.807, 2.05) is 6.92 Å². The van der Waals surface area contributed by atoms with Crippen LogP contribution in [-0.2, 0) is 16.4 Å². The Morgan fingerprint density at radius 2 is 1.95 bits per heavy atom. The largest absolute Gasteiger partial charge is 0.265 e. The standard InChI is InChI=1S/C13H12BrN3O2S/c1-9-2-4-10(5-3-9)20(18,19)17-7-6-11-13(17)15-8-12(14)16-11/h2-5,8H,6-7H2,1H3. The molecule has 2 heterocycles. The van der Waals surface area contributed by atoms with Crippen molar-refractivity contribution < 1.29 is 8.42 Å². The molecule has 0 atom stereocenters. The highest BCUT2D eigenvalue weighted by atomic mass is 79.9. The lowest BCUT2D eigenvalue weighted by atomic mass is 10.2. The molecule has 0 amide bonds. The van der Waals surface area contributed by atoms with E-state index in [4.69, 9.17) is 0 Å². The van der Waals surface area contributed by atoms with Gasteiger partial charge in [-0.2, -0.15) is 0 Å². The summed E-state index contributed by atoms with van der Waals surface area (Å²) >= 11 is 3.25. The molecule has 0 saturated carbocycles. The topological polar surface area (TPSA) is 63.2 Å². The Bertz CT molecular complexity index is 760. The zero-order chi connectivity index (χ0) is 14.3. The third-order valence-electron chi connectivity index (χ3n) is 3.19. The predicted molar refractivity (Wildman–Crippen MR) is 79.1 cm³/mol. The van der Waals surface area contributed by atoms with E-state index >= 15 is 0 Å². The van der Waals surface area contributed by atoms with Gasteiger partial charge in [-0.05, 0) is 35.0 Å². The predicted octanol–water partition coefficient (Wildman–Crippen LogP) is 2.30. The van der Waals surface area contributed by atoms with Gasteiger partial charge < -0.3 is 0 Å². The number of aromatic nitrogens is 2. The van der Waals surface area contributed by atoms with Crippen LogP contribution in [0.15, 0.2) is 40.0 Å². The minimum absolute atomic E-state index is 0.278. The van der Waals surface area contributed by atoms with Crippen molar-refractivity contribution in [3.8, 4) is 0 Å². The van der Waals surface area contributed by atoms with Crippen molar-refractivity contribution in [3.63, 3.8) is 0 Å². The maximum atomic E-state index is 12.6. The average molecular weight is 354 g/mol. The Kier molecular flexibility index (Phi) is 3.25. The molecule has 1 aliphatic rings. The zero-order valence-electron chi connectivity index (χ0n) is 10.7. The van der Waals surface area contributed by atoms with E-state index < -0.39 is 10.0 Å². The number of anilines is 1. The van der Waals surface area contributed by atoms with Crippen molar-refractivity contribution in [2.24, 2.45) is 0 Å². The second-order valence-electron chi connectivity index (χ2n) is 4.60. The minimum atomic E-state index is -3.57. The first-order valence-corrected chi connectivity index (χ1v) is 8.32. The summed E-state index contributed by atoms with van der Waals surface area (Å²) in [6.45, 7) is 2.30. The Labute approximate surface area is 125 Å². The highest BCUT2D eigenvalue weighted by molar-refractivity contribution is 9.10. The van der Waals surface area contributed by atoms with Gasteiger partial charge in [0.15, 0.2) is 5.82 Å². The van der Waals surface area contributed by atoms with Crippen molar-refractivity contribution in [3.05, 3.63) is 46.3 Å². The van der Waals surface area contributed by atoms with Gasteiger partial charge in [0.1, 0.15) is 4.60 Å². The number of nitrogens with zero attached hydrogens (tertiary/aromatic N) is 3. The fourth-order valence-corrected chi connectivity index (χ4v) is 3.92. The van der Waals surface area contributed by atoms with Crippen molar-refractivity contribution in [2.45, 2.75) is 18.2 Å². The summed E-state index contributed by atoms with van der Waals surface area (Å²) in [4.78, 5) is 8.74. The quantitative estimate of drug-likeness (QED) is 0.830. The van der Waals surface area contributed by atoms with Crippen LogP contribution in [0.2, 0.25) is 0 Å². The molecule has 0 bridgehead atoms. The van der Waals surface area contributed by atoms with Gasteiger partial charge in [-0.3, -0.25) is 0 Å². The van der Waals surface area contributed by atoms with E-state index in [1.165, 1.54) is 10.5 Å². The molecule has 2 aromatic rings. The lowest BCUT2D eigenvalue weighted by Gasteiger charge is -2.18. The van der Waals surface area contributed by atoms with E-state index in [2.05, 4.69) is 25.9 Å². The Balaban J connectivity index is 2.05. The molecule has 1 aromatic heterocycles. The Morgan fingerprint density at radius 1 is 1.25 bits per heavy atom. The average Bonchev–Trinajstić information content (AvgIpc) is 2.82. The summed E-state index contributed by atoms with van der Waals surface area (Å²) in [6, 6.07) is 6.82. The zero-order valence-corrected chi connectivity index (χ0v) is 13.1. The number of halogens is 1. The van der Waals surface area contributed by atoms with Crippen LogP contribution in [0, 0.1) is 6.92 Å². The molecule has 0 N–H and O–H groups in total. The fourth-order valence-electron chi connectivity index (χ4n) is 2.16. The summed E-state index contributed by atoms with van der Waals surface area (Å²) in [5.74, 6) is 0.425. The summed E-state index contributed by atoms with van der Waals surface area (Å²) < 4.78 is 27.2. The van der Waals surface area contributed by atoms with Crippen LogP contribution < -0.4 is 4.31 Å². The van der Waals surface area contributed by atoms with E-state index in [-0.39, 0.29) is 4.90 Å². The van der Waals surface area contributed by atoms with E-state index in [1.54, 1.807) is 24.3 Å². The fraction of sp³-hybridized carbons (Fsp3) is 0.231. The summed E-state index contributed by atoms with van der Waals surface area (Å²) in [5, 5.41) is 0.